The molecule has 1 saturated carbocycles. The Labute approximate surface area is 192 Å². The number of carbonyl (C=O) groups is 2. The van der Waals surface area contributed by atoms with E-state index in [0.717, 1.165) is 25.7 Å². The van der Waals surface area contributed by atoms with Crippen LogP contribution in [0.15, 0.2) is 0 Å². The van der Waals surface area contributed by atoms with Gasteiger partial charge in [-0.25, -0.2) is 0 Å². The van der Waals surface area contributed by atoms with Crippen molar-refractivity contribution in [2.24, 2.45) is 22.2 Å². The van der Waals surface area contributed by atoms with E-state index in [2.05, 4.69) is 39.4 Å². The van der Waals surface area contributed by atoms with Crippen LogP contribution >= 0.6 is 0 Å². The van der Waals surface area contributed by atoms with Crippen LogP contribution in [0.2, 0.25) is 0 Å². The van der Waals surface area contributed by atoms with E-state index in [-0.39, 0.29) is 23.2 Å². The molecule has 0 aliphatic heterocycles. The van der Waals surface area contributed by atoms with Crippen molar-refractivity contribution in [1.29, 1.82) is 0 Å². The first-order valence-electron chi connectivity index (χ1n) is 12.0. The molecular weight excluding hydrogens is 421 g/mol. The van der Waals surface area contributed by atoms with Crippen LogP contribution in [0.4, 0.5) is 13.2 Å². The Balaban J connectivity index is 3.29. The lowest BCUT2D eigenvalue weighted by atomic mass is 9.58. The fourth-order valence-electron chi connectivity index (χ4n) is 4.86. The van der Waals surface area contributed by atoms with Gasteiger partial charge in [0.2, 0.25) is 0 Å². The van der Waals surface area contributed by atoms with Crippen LogP contribution in [0.5, 0.6) is 0 Å². The first-order chi connectivity index (χ1) is 14.5. The highest BCUT2D eigenvalue weighted by Crippen LogP contribution is 2.52. The van der Waals surface area contributed by atoms with E-state index in [1.165, 1.54) is 0 Å². The van der Waals surface area contributed by atoms with Crippen molar-refractivity contribution in [2.75, 3.05) is 6.61 Å². The molecule has 7 heteroatoms. The van der Waals surface area contributed by atoms with Crippen molar-refractivity contribution in [3.8, 4) is 0 Å². The summed E-state index contributed by atoms with van der Waals surface area (Å²) in [6.45, 7) is 14.5. The molecule has 0 radical (unpaired) electrons. The molecule has 2 atom stereocenters. The minimum Gasteiger partial charge on any atom is -0.458 e. The highest BCUT2D eigenvalue weighted by Gasteiger charge is 2.55. The highest BCUT2D eigenvalue weighted by molar-refractivity contribution is 5.80. The number of hydrogen-bond donors (Lipinski definition) is 0. The molecule has 0 aromatic carbocycles. The molecule has 0 aromatic heterocycles. The lowest BCUT2D eigenvalue weighted by Crippen LogP contribution is -2.52. The molecule has 0 spiro atoms. The molecule has 0 aromatic rings. The molecule has 2 unspecified atom stereocenters. The number of rotatable bonds is 11. The Hall–Kier alpha value is -1.27. The zero-order chi connectivity index (χ0) is 25.0. The molecule has 0 bridgehead atoms. The predicted octanol–water partition coefficient (Wildman–Crippen LogP) is 7.24. The van der Waals surface area contributed by atoms with E-state index in [1.54, 1.807) is 6.92 Å². The van der Waals surface area contributed by atoms with E-state index in [4.69, 9.17) is 4.74 Å². The Morgan fingerprint density at radius 3 is 1.88 bits per heavy atom. The molecule has 0 saturated heterocycles. The van der Waals surface area contributed by atoms with E-state index in [9.17, 15) is 22.8 Å². The normalized spacial score (nSPS) is 19.8. The number of carbonyl (C=O) groups excluding carboxylic acids is 2. The molecule has 32 heavy (non-hydrogen) atoms. The Bertz CT molecular complexity index is 648. The number of alkyl halides is 3. The van der Waals surface area contributed by atoms with Crippen LogP contribution in [0.3, 0.4) is 0 Å². The second kappa shape index (κ2) is 10.3. The maximum Gasteiger partial charge on any atom is 0.422 e. The van der Waals surface area contributed by atoms with E-state index >= 15 is 0 Å². The number of esters is 2. The summed E-state index contributed by atoms with van der Waals surface area (Å²) in [5.41, 5.74) is -2.39. The minimum atomic E-state index is -4.59. The minimum absolute atomic E-state index is 0.0984. The number of ether oxygens (including phenoxy) is 2. The molecule has 0 N–H and O–H groups in total. The third-order valence-electron chi connectivity index (χ3n) is 8.07. The maximum atomic E-state index is 13.8. The van der Waals surface area contributed by atoms with Crippen molar-refractivity contribution in [3.63, 3.8) is 0 Å². The molecule has 1 fully saturated rings. The zero-order valence-corrected chi connectivity index (χ0v) is 21.2. The summed E-state index contributed by atoms with van der Waals surface area (Å²) in [7, 11) is 0. The topological polar surface area (TPSA) is 52.6 Å². The van der Waals surface area contributed by atoms with Gasteiger partial charge in [-0.1, -0.05) is 54.9 Å². The third kappa shape index (κ3) is 6.63. The van der Waals surface area contributed by atoms with E-state index in [1.807, 2.05) is 13.8 Å². The van der Waals surface area contributed by atoms with Gasteiger partial charge in [0, 0.05) is 0 Å². The predicted molar refractivity (Wildman–Crippen MR) is 119 cm³/mol. The van der Waals surface area contributed by atoms with Crippen LogP contribution in [0, 0.1) is 22.2 Å². The quantitative estimate of drug-likeness (QED) is 0.302. The van der Waals surface area contributed by atoms with Crippen molar-refractivity contribution in [1.82, 2.24) is 0 Å². The first-order valence-corrected chi connectivity index (χ1v) is 12.0. The maximum absolute atomic E-state index is 13.8. The van der Waals surface area contributed by atoms with Gasteiger partial charge in [0.05, 0.1) is 11.3 Å². The van der Waals surface area contributed by atoms with Crippen molar-refractivity contribution in [2.45, 2.75) is 119 Å². The molecule has 0 amide bonds. The summed E-state index contributed by atoms with van der Waals surface area (Å²) in [6.07, 6.45) is 0.340. The van der Waals surface area contributed by atoms with E-state index < -0.39 is 35.7 Å². The van der Waals surface area contributed by atoms with Gasteiger partial charge >= 0.3 is 18.1 Å². The van der Waals surface area contributed by atoms with Gasteiger partial charge < -0.3 is 9.47 Å². The largest absolute Gasteiger partial charge is 0.458 e. The summed E-state index contributed by atoms with van der Waals surface area (Å²) < 4.78 is 48.7. The monoisotopic (exact) mass is 464 g/mol. The summed E-state index contributed by atoms with van der Waals surface area (Å²) in [6, 6.07) is 0. The summed E-state index contributed by atoms with van der Waals surface area (Å²) in [4.78, 5) is 26.5. The molecule has 4 nitrogen and oxygen atoms in total. The van der Waals surface area contributed by atoms with Crippen molar-refractivity contribution < 1.29 is 32.2 Å². The van der Waals surface area contributed by atoms with Gasteiger partial charge in [0.15, 0.2) is 6.61 Å². The van der Waals surface area contributed by atoms with Crippen molar-refractivity contribution >= 4 is 11.9 Å². The Morgan fingerprint density at radius 2 is 1.47 bits per heavy atom. The first kappa shape index (κ1) is 28.8. The molecule has 0 heterocycles. The second-order valence-corrected chi connectivity index (χ2v) is 11.1. The zero-order valence-electron chi connectivity index (χ0n) is 21.2. The Morgan fingerprint density at radius 1 is 0.938 bits per heavy atom. The van der Waals surface area contributed by atoms with Gasteiger partial charge in [0.1, 0.15) is 5.60 Å². The smallest absolute Gasteiger partial charge is 0.422 e. The average molecular weight is 465 g/mol. The number of halogens is 3. The molecule has 1 aliphatic carbocycles. The van der Waals surface area contributed by atoms with Gasteiger partial charge in [0.25, 0.3) is 0 Å². The van der Waals surface area contributed by atoms with Crippen LogP contribution in [0.1, 0.15) is 107 Å². The SMILES string of the molecule is CCC(C(=O)OCC(F)(F)F)C1(OC(=O)C(C)(CC(C)(C)CC)C(C)(C)CC)CCCC1. The highest BCUT2D eigenvalue weighted by atomic mass is 19.4. The molecular formula is C25H43F3O4. The second-order valence-electron chi connectivity index (χ2n) is 11.1. The number of hydrogen-bond acceptors (Lipinski definition) is 4. The van der Waals surface area contributed by atoms with Gasteiger partial charge in [-0.3, -0.25) is 9.59 Å². The van der Waals surface area contributed by atoms with Crippen LogP contribution in [-0.4, -0.2) is 30.3 Å². The van der Waals surface area contributed by atoms with Crippen LogP contribution < -0.4 is 0 Å². The fraction of sp³-hybridized carbons (Fsp3) is 0.920. The standard InChI is InChI=1S/C25H43F3O4/c1-9-18(19(29)31-17-25(26,27)28)24(14-12-13-15-24)32-20(30)23(8,22(6,7)11-3)16-21(4,5)10-2/h18H,9-17H2,1-8H3. The van der Waals surface area contributed by atoms with Gasteiger partial charge in [-0.15, -0.1) is 0 Å². The molecule has 1 aliphatic rings. The van der Waals surface area contributed by atoms with Crippen LogP contribution in [0.25, 0.3) is 0 Å². The van der Waals surface area contributed by atoms with Crippen LogP contribution in [-0.2, 0) is 19.1 Å². The molecule has 188 valence electrons. The van der Waals surface area contributed by atoms with Crippen molar-refractivity contribution in [3.05, 3.63) is 0 Å². The summed E-state index contributed by atoms with van der Waals surface area (Å²) in [5.74, 6) is -2.22. The van der Waals surface area contributed by atoms with Gasteiger partial charge in [-0.2, -0.15) is 13.2 Å². The van der Waals surface area contributed by atoms with Gasteiger partial charge in [-0.05, 0) is 62.7 Å². The molecule has 1 rings (SSSR count). The lowest BCUT2D eigenvalue weighted by Gasteiger charge is -2.48. The summed E-state index contributed by atoms with van der Waals surface area (Å²) in [5, 5.41) is 0. The third-order valence-corrected chi connectivity index (χ3v) is 8.07. The fourth-order valence-corrected chi connectivity index (χ4v) is 4.86. The summed E-state index contributed by atoms with van der Waals surface area (Å²) >= 11 is 0. The lowest BCUT2D eigenvalue weighted by molar-refractivity contribution is -0.204. The Kier molecular flexibility index (Phi) is 9.29. The average Bonchev–Trinajstić information content (AvgIpc) is 3.14. The van der Waals surface area contributed by atoms with E-state index in [0.29, 0.717) is 19.3 Å².